The molecule has 0 spiro atoms. The van der Waals surface area contributed by atoms with Crippen molar-refractivity contribution in [2.45, 2.75) is 19.3 Å². The number of methoxy groups -OCH3 is 2. The largest absolute Gasteiger partial charge is 0.502 e. The average Bonchev–Trinajstić information content (AvgIpc) is 2.81. The van der Waals surface area contributed by atoms with Gasteiger partial charge in [0, 0.05) is 39.3 Å². The summed E-state index contributed by atoms with van der Waals surface area (Å²) in [7, 11) is 2.96. The summed E-state index contributed by atoms with van der Waals surface area (Å²) in [6, 6.07) is 9.28. The molecule has 0 radical (unpaired) electrons. The SMILES string of the molecule is COc1cc(CN2CCN(Cc3ccccc3C(F)(F)F)CC2)cc(OC)c1O.O=C(O)C(=O)O. The molecule has 0 saturated carbocycles. The molecule has 35 heavy (non-hydrogen) atoms. The van der Waals surface area contributed by atoms with E-state index in [0.29, 0.717) is 36.7 Å². The monoisotopic (exact) mass is 500 g/mol. The molecule has 1 saturated heterocycles. The van der Waals surface area contributed by atoms with E-state index < -0.39 is 23.7 Å². The number of alkyl halides is 3. The molecule has 0 amide bonds. The van der Waals surface area contributed by atoms with Crippen molar-refractivity contribution in [2.24, 2.45) is 0 Å². The lowest BCUT2D eigenvalue weighted by molar-refractivity contribution is -0.159. The van der Waals surface area contributed by atoms with E-state index >= 15 is 0 Å². The van der Waals surface area contributed by atoms with Crippen LogP contribution in [0.25, 0.3) is 0 Å². The molecule has 1 heterocycles. The van der Waals surface area contributed by atoms with Gasteiger partial charge in [-0.15, -0.1) is 0 Å². The first-order valence-corrected chi connectivity index (χ1v) is 10.5. The Hall–Kier alpha value is -3.51. The normalized spacial score (nSPS) is 14.5. The van der Waals surface area contributed by atoms with E-state index in [-0.39, 0.29) is 12.3 Å². The Labute approximate surface area is 199 Å². The highest BCUT2D eigenvalue weighted by atomic mass is 19.4. The van der Waals surface area contributed by atoms with Gasteiger partial charge in [-0.05, 0) is 29.3 Å². The zero-order chi connectivity index (χ0) is 26.2. The number of hydrogen-bond donors (Lipinski definition) is 3. The van der Waals surface area contributed by atoms with Crippen LogP contribution in [0.2, 0.25) is 0 Å². The molecule has 0 atom stereocenters. The van der Waals surface area contributed by atoms with Crippen LogP contribution in [-0.4, -0.2) is 77.5 Å². The fourth-order valence-corrected chi connectivity index (χ4v) is 3.58. The van der Waals surface area contributed by atoms with Crippen LogP contribution in [0.1, 0.15) is 16.7 Å². The van der Waals surface area contributed by atoms with Gasteiger partial charge in [0.1, 0.15) is 0 Å². The summed E-state index contributed by atoms with van der Waals surface area (Å²) in [5.74, 6) is -2.99. The van der Waals surface area contributed by atoms with Gasteiger partial charge in [0.2, 0.25) is 5.75 Å². The number of phenols is 1. The number of aliphatic carboxylic acids is 2. The molecule has 0 unspecified atom stereocenters. The van der Waals surface area contributed by atoms with E-state index in [1.54, 1.807) is 24.3 Å². The van der Waals surface area contributed by atoms with Gasteiger partial charge in [0.05, 0.1) is 19.8 Å². The number of rotatable bonds is 6. The Balaban J connectivity index is 0.000000641. The molecule has 2 aromatic rings. The highest BCUT2D eigenvalue weighted by molar-refractivity contribution is 6.27. The van der Waals surface area contributed by atoms with Crippen molar-refractivity contribution in [1.82, 2.24) is 9.80 Å². The second-order valence-electron chi connectivity index (χ2n) is 7.67. The summed E-state index contributed by atoms with van der Waals surface area (Å²) in [5, 5.41) is 24.8. The van der Waals surface area contributed by atoms with E-state index in [2.05, 4.69) is 4.90 Å². The van der Waals surface area contributed by atoms with Gasteiger partial charge in [-0.3, -0.25) is 9.80 Å². The molecule has 1 aliphatic heterocycles. The summed E-state index contributed by atoms with van der Waals surface area (Å²) >= 11 is 0. The first kappa shape index (κ1) is 27.7. The quantitative estimate of drug-likeness (QED) is 0.515. The van der Waals surface area contributed by atoms with Crippen molar-refractivity contribution in [3.05, 3.63) is 53.1 Å². The molecule has 3 rings (SSSR count). The van der Waals surface area contributed by atoms with Crippen molar-refractivity contribution in [2.75, 3.05) is 40.4 Å². The summed E-state index contributed by atoms with van der Waals surface area (Å²) < 4.78 is 50.0. The molecule has 0 aromatic heterocycles. The third kappa shape index (κ3) is 8.04. The molecule has 1 aliphatic rings. The smallest absolute Gasteiger partial charge is 0.416 e. The van der Waals surface area contributed by atoms with E-state index in [9.17, 15) is 18.3 Å². The molecule has 9 nitrogen and oxygen atoms in total. The van der Waals surface area contributed by atoms with Crippen molar-refractivity contribution >= 4 is 11.9 Å². The predicted molar refractivity (Wildman–Crippen MR) is 118 cm³/mol. The minimum absolute atomic E-state index is 0.0353. The summed E-state index contributed by atoms with van der Waals surface area (Å²) in [6.45, 7) is 3.75. The molecule has 0 bridgehead atoms. The van der Waals surface area contributed by atoms with Gasteiger partial charge >= 0.3 is 18.1 Å². The minimum atomic E-state index is -4.34. The molecule has 0 aliphatic carbocycles. The number of carboxylic acid groups (broad SMARTS) is 2. The maximum absolute atomic E-state index is 13.2. The maximum Gasteiger partial charge on any atom is 0.416 e. The number of phenolic OH excluding ortho intramolecular Hbond substituents is 1. The lowest BCUT2D eigenvalue weighted by atomic mass is 10.1. The van der Waals surface area contributed by atoms with Crippen LogP contribution in [0.5, 0.6) is 17.2 Å². The second-order valence-corrected chi connectivity index (χ2v) is 7.67. The lowest BCUT2D eigenvalue weighted by Crippen LogP contribution is -2.45. The van der Waals surface area contributed by atoms with Gasteiger partial charge in [-0.1, -0.05) is 18.2 Å². The Morgan fingerprint density at radius 3 is 1.77 bits per heavy atom. The van der Waals surface area contributed by atoms with Crippen molar-refractivity contribution in [3.63, 3.8) is 0 Å². The number of aromatic hydroxyl groups is 1. The average molecular weight is 500 g/mol. The van der Waals surface area contributed by atoms with Gasteiger partial charge in [0.15, 0.2) is 11.5 Å². The molecular formula is C23H27F3N2O7. The standard InChI is InChI=1S/C21H25F3N2O3.C2H2O4/c1-28-18-11-15(12-19(29-2)20(18)27)13-25-7-9-26(10-8-25)14-16-5-3-4-6-17(16)21(22,23)24;3-1(4)2(5)6/h3-6,11-12,27H,7-10,13-14H2,1-2H3;(H,3,4)(H,5,6). The predicted octanol–water partition coefficient (Wildman–Crippen LogP) is 2.90. The fourth-order valence-electron chi connectivity index (χ4n) is 3.58. The third-order valence-electron chi connectivity index (χ3n) is 5.31. The van der Waals surface area contributed by atoms with Crippen molar-refractivity contribution in [3.8, 4) is 17.2 Å². The highest BCUT2D eigenvalue weighted by Crippen LogP contribution is 2.37. The Bertz CT molecular complexity index is 985. The first-order valence-electron chi connectivity index (χ1n) is 10.5. The zero-order valence-electron chi connectivity index (χ0n) is 19.2. The summed E-state index contributed by atoms with van der Waals surface area (Å²) in [6.07, 6.45) is -4.34. The Morgan fingerprint density at radius 1 is 0.886 bits per heavy atom. The topological polar surface area (TPSA) is 120 Å². The molecule has 3 N–H and O–H groups in total. The number of nitrogens with zero attached hydrogens (tertiary/aromatic N) is 2. The molecule has 12 heteroatoms. The highest BCUT2D eigenvalue weighted by Gasteiger charge is 2.33. The molecular weight excluding hydrogens is 473 g/mol. The maximum atomic E-state index is 13.2. The van der Waals surface area contributed by atoms with E-state index in [4.69, 9.17) is 29.3 Å². The lowest BCUT2D eigenvalue weighted by Gasteiger charge is -2.35. The van der Waals surface area contributed by atoms with Gasteiger partial charge in [0.25, 0.3) is 0 Å². The van der Waals surface area contributed by atoms with Crippen LogP contribution >= 0.6 is 0 Å². The number of piperazine rings is 1. The van der Waals surface area contributed by atoms with Gasteiger partial charge < -0.3 is 24.8 Å². The molecule has 1 fully saturated rings. The molecule has 2 aromatic carbocycles. The van der Waals surface area contributed by atoms with Crippen molar-refractivity contribution in [1.29, 1.82) is 0 Å². The number of carbonyl (C=O) groups is 2. The second kappa shape index (κ2) is 12.3. The number of carboxylic acids is 2. The van der Waals surface area contributed by atoms with Crippen LogP contribution in [0.15, 0.2) is 36.4 Å². The number of halogens is 3. The third-order valence-corrected chi connectivity index (χ3v) is 5.31. The number of hydrogen-bond acceptors (Lipinski definition) is 7. The first-order chi connectivity index (χ1) is 16.5. The fraction of sp³-hybridized carbons (Fsp3) is 0.391. The van der Waals surface area contributed by atoms with Crippen LogP contribution in [-0.2, 0) is 28.9 Å². The number of ether oxygens (including phenoxy) is 2. The van der Waals surface area contributed by atoms with Crippen LogP contribution in [0.3, 0.4) is 0 Å². The van der Waals surface area contributed by atoms with Crippen LogP contribution < -0.4 is 9.47 Å². The van der Waals surface area contributed by atoms with Gasteiger partial charge in [-0.2, -0.15) is 13.2 Å². The molecule has 192 valence electrons. The van der Waals surface area contributed by atoms with Crippen LogP contribution in [0, 0.1) is 0 Å². The minimum Gasteiger partial charge on any atom is -0.502 e. The van der Waals surface area contributed by atoms with Crippen molar-refractivity contribution < 1.29 is 47.6 Å². The van der Waals surface area contributed by atoms with E-state index in [1.165, 1.54) is 20.3 Å². The Kier molecular flexibility index (Phi) is 9.72. The summed E-state index contributed by atoms with van der Waals surface area (Å²) in [4.78, 5) is 22.5. The van der Waals surface area contributed by atoms with Crippen LogP contribution in [0.4, 0.5) is 13.2 Å². The van der Waals surface area contributed by atoms with E-state index in [1.807, 2.05) is 4.90 Å². The number of benzene rings is 2. The van der Waals surface area contributed by atoms with E-state index in [0.717, 1.165) is 24.7 Å². The zero-order valence-corrected chi connectivity index (χ0v) is 19.2. The Morgan fingerprint density at radius 2 is 1.34 bits per heavy atom. The summed E-state index contributed by atoms with van der Waals surface area (Å²) in [5.41, 5.74) is 0.680. The van der Waals surface area contributed by atoms with Gasteiger partial charge in [-0.25, -0.2) is 9.59 Å².